The van der Waals surface area contributed by atoms with Gasteiger partial charge in [0, 0.05) is 22.9 Å². The summed E-state index contributed by atoms with van der Waals surface area (Å²) in [6.07, 6.45) is 0.140. The van der Waals surface area contributed by atoms with E-state index in [4.69, 9.17) is 5.11 Å². The van der Waals surface area contributed by atoms with Crippen molar-refractivity contribution < 1.29 is 9.90 Å². The Hall–Kier alpha value is -2.88. The first kappa shape index (κ1) is 14.1. The minimum absolute atomic E-state index is 0.0682. The predicted octanol–water partition coefficient (Wildman–Crippen LogP) is 3.21. The van der Waals surface area contributed by atoms with Crippen molar-refractivity contribution in [2.45, 2.75) is 12.8 Å². The zero-order valence-corrected chi connectivity index (χ0v) is 11.9. The Balaban J connectivity index is 2.30. The second-order valence-corrected chi connectivity index (χ2v) is 5.11. The molecular formula is C18H15NO3. The van der Waals surface area contributed by atoms with Crippen LogP contribution in [0.1, 0.15) is 12.0 Å². The van der Waals surface area contributed by atoms with E-state index < -0.39 is 5.97 Å². The van der Waals surface area contributed by atoms with Crippen LogP contribution in [-0.4, -0.2) is 16.1 Å². The summed E-state index contributed by atoms with van der Waals surface area (Å²) in [4.78, 5) is 26.1. The van der Waals surface area contributed by atoms with Gasteiger partial charge in [0.25, 0.3) is 5.56 Å². The minimum Gasteiger partial charge on any atom is -0.481 e. The van der Waals surface area contributed by atoms with E-state index in [-0.39, 0.29) is 18.4 Å². The van der Waals surface area contributed by atoms with Crippen molar-refractivity contribution in [3.63, 3.8) is 0 Å². The van der Waals surface area contributed by atoms with Gasteiger partial charge in [-0.05, 0) is 23.6 Å². The number of carboxylic acids is 1. The molecular weight excluding hydrogens is 278 g/mol. The number of benzene rings is 2. The van der Waals surface area contributed by atoms with E-state index in [0.717, 1.165) is 22.0 Å². The summed E-state index contributed by atoms with van der Waals surface area (Å²) in [6, 6.07) is 17.2. The molecule has 0 bridgehead atoms. The maximum Gasteiger partial charge on any atom is 0.303 e. The number of hydrogen-bond donors (Lipinski definition) is 2. The molecule has 4 nitrogen and oxygen atoms in total. The summed E-state index contributed by atoms with van der Waals surface area (Å²) in [7, 11) is 0. The monoisotopic (exact) mass is 293 g/mol. The molecule has 0 saturated carbocycles. The number of H-pyrrole nitrogens is 1. The smallest absolute Gasteiger partial charge is 0.303 e. The number of aliphatic carboxylic acids is 1. The van der Waals surface area contributed by atoms with Gasteiger partial charge in [-0.3, -0.25) is 9.59 Å². The Labute approximate surface area is 127 Å². The van der Waals surface area contributed by atoms with Crippen LogP contribution in [0.5, 0.6) is 0 Å². The molecule has 0 radical (unpaired) electrons. The summed E-state index contributed by atoms with van der Waals surface area (Å²) in [6.45, 7) is 0. The largest absolute Gasteiger partial charge is 0.481 e. The van der Waals surface area contributed by atoms with Gasteiger partial charge in [0.1, 0.15) is 0 Å². The first-order valence-electron chi connectivity index (χ1n) is 7.08. The highest BCUT2D eigenvalue weighted by Gasteiger charge is 2.15. The maximum atomic E-state index is 12.4. The molecule has 0 aliphatic carbocycles. The van der Waals surface area contributed by atoms with Crippen molar-refractivity contribution in [2.75, 3.05) is 0 Å². The lowest BCUT2D eigenvalue weighted by atomic mass is 9.94. The lowest BCUT2D eigenvalue weighted by Crippen LogP contribution is -2.16. The molecule has 0 atom stereocenters. The van der Waals surface area contributed by atoms with Gasteiger partial charge >= 0.3 is 5.97 Å². The third kappa shape index (κ3) is 2.63. The number of carbonyl (C=O) groups is 1. The molecule has 0 saturated heterocycles. The number of carboxylic acid groups (broad SMARTS) is 1. The average Bonchev–Trinajstić information content (AvgIpc) is 2.53. The summed E-state index contributed by atoms with van der Waals surface area (Å²) >= 11 is 0. The quantitative estimate of drug-likeness (QED) is 0.776. The molecule has 3 rings (SSSR count). The van der Waals surface area contributed by atoms with Crippen LogP contribution in [-0.2, 0) is 11.2 Å². The molecule has 0 unspecified atom stereocenters. The highest BCUT2D eigenvalue weighted by molar-refractivity contribution is 5.96. The highest BCUT2D eigenvalue weighted by atomic mass is 16.4. The second-order valence-electron chi connectivity index (χ2n) is 5.11. The van der Waals surface area contributed by atoms with Crippen LogP contribution in [0.3, 0.4) is 0 Å². The first-order valence-corrected chi connectivity index (χ1v) is 7.08. The van der Waals surface area contributed by atoms with Crippen LogP contribution in [0.4, 0.5) is 0 Å². The van der Waals surface area contributed by atoms with Crippen LogP contribution < -0.4 is 5.56 Å². The van der Waals surface area contributed by atoms with Crippen molar-refractivity contribution >= 4 is 16.9 Å². The molecule has 110 valence electrons. The van der Waals surface area contributed by atoms with Crippen LogP contribution >= 0.6 is 0 Å². The summed E-state index contributed by atoms with van der Waals surface area (Å²) < 4.78 is 0. The van der Waals surface area contributed by atoms with Crippen LogP contribution in [0.25, 0.3) is 22.0 Å². The molecule has 0 fully saturated rings. The van der Waals surface area contributed by atoms with E-state index in [1.807, 2.05) is 54.6 Å². The van der Waals surface area contributed by atoms with Crippen molar-refractivity contribution in [2.24, 2.45) is 0 Å². The molecule has 0 spiro atoms. The fourth-order valence-electron chi connectivity index (χ4n) is 2.69. The van der Waals surface area contributed by atoms with Gasteiger partial charge in [0.2, 0.25) is 0 Å². The van der Waals surface area contributed by atoms with Crippen molar-refractivity contribution in [1.82, 2.24) is 4.98 Å². The Morgan fingerprint density at radius 3 is 2.41 bits per heavy atom. The van der Waals surface area contributed by atoms with Gasteiger partial charge in [-0.25, -0.2) is 0 Å². The van der Waals surface area contributed by atoms with Crippen molar-refractivity contribution in [1.29, 1.82) is 0 Å². The molecule has 0 amide bonds. The predicted molar refractivity (Wildman–Crippen MR) is 86.0 cm³/mol. The molecule has 22 heavy (non-hydrogen) atoms. The maximum absolute atomic E-state index is 12.4. The van der Waals surface area contributed by atoms with E-state index in [0.29, 0.717) is 5.56 Å². The second kappa shape index (κ2) is 5.85. The minimum atomic E-state index is -0.911. The number of para-hydroxylation sites is 1. The number of rotatable bonds is 4. The molecule has 0 aliphatic rings. The first-order chi connectivity index (χ1) is 10.7. The molecule has 1 aromatic heterocycles. The van der Waals surface area contributed by atoms with Gasteiger partial charge < -0.3 is 10.1 Å². The summed E-state index contributed by atoms with van der Waals surface area (Å²) in [5.41, 5.74) is 2.79. The number of pyridine rings is 1. The third-order valence-electron chi connectivity index (χ3n) is 3.67. The Morgan fingerprint density at radius 2 is 1.68 bits per heavy atom. The standard InChI is InChI=1S/C18H15NO3/c20-16(21)11-10-14-17(12-6-2-1-3-7-12)13-8-4-5-9-15(13)19-18(14)22/h1-9H,10-11H2,(H,19,22)(H,20,21). The Morgan fingerprint density at radius 1 is 1.00 bits per heavy atom. The molecule has 0 aliphatic heterocycles. The van der Waals surface area contributed by atoms with Crippen LogP contribution in [0.15, 0.2) is 59.4 Å². The van der Waals surface area contributed by atoms with Gasteiger partial charge in [0.05, 0.1) is 0 Å². The number of nitrogens with one attached hydrogen (secondary N) is 1. The topological polar surface area (TPSA) is 70.2 Å². The fourth-order valence-corrected chi connectivity index (χ4v) is 2.69. The van der Waals surface area contributed by atoms with Crippen LogP contribution in [0.2, 0.25) is 0 Å². The van der Waals surface area contributed by atoms with Gasteiger partial charge in [0.15, 0.2) is 0 Å². The highest BCUT2D eigenvalue weighted by Crippen LogP contribution is 2.29. The fraction of sp³-hybridized carbons (Fsp3) is 0.111. The number of hydrogen-bond acceptors (Lipinski definition) is 2. The molecule has 3 aromatic rings. The van der Waals surface area contributed by atoms with Gasteiger partial charge in [-0.15, -0.1) is 0 Å². The lowest BCUT2D eigenvalue weighted by Gasteiger charge is -2.12. The van der Waals surface area contributed by atoms with Crippen molar-refractivity contribution in [3.05, 3.63) is 70.5 Å². The van der Waals surface area contributed by atoms with E-state index in [1.165, 1.54) is 0 Å². The molecule has 2 aromatic carbocycles. The molecule has 2 N–H and O–H groups in total. The lowest BCUT2D eigenvalue weighted by molar-refractivity contribution is -0.136. The Kier molecular flexibility index (Phi) is 3.74. The SMILES string of the molecule is O=C(O)CCc1c(-c2ccccc2)c2ccccc2[nH]c1=O. The van der Waals surface area contributed by atoms with E-state index in [1.54, 1.807) is 0 Å². The summed E-state index contributed by atoms with van der Waals surface area (Å²) in [5.74, 6) is -0.911. The van der Waals surface area contributed by atoms with Crippen molar-refractivity contribution in [3.8, 4) is 11.1 Å². The third-order valence-corrected chi connectivity index (χ3v) is 3.67. The molecule has 4 heteroatoms. The van der Waals surface area contributed by atoms with E-state index in [2.05, 4.69) is 4.98 Å². The molecule has 1 heterocycles. The zero-order valence-electron chi connectivity index (χ0n) is 11.9. The summed E-state index contributed by atoms with van der Waals surface area (Å²) in [5, 5.41) is 9.85. The van der Waals surface area contributed by atoms with Gasteiger partial charge in [-0.1, -0.05) is 48.5 Å². The average molecular weight is 293 g/mol. The number of fused-ring (bicyclic) bond motifs is 1. The number of aromatic nitrogens is 1. The van der Waals surface area contributed by atoms with E-state index >= 15 is 0 Å². The van der Waals surface area contributed by atoms with Crippen LogP contribution in [0, 0.1) is 0 Å². The Bertz CT molecular complexity index is 882. The number of aromatic amines is 1. The van der Waals surface area contributed by atoms with Gasteiger partial charge in [-0.2, -0.15) is 0 Å². The zero-order chi connectivity index (χ0) is 15.5. The normalized spacial score (nSPS) is 10.7. The van der Waals surface area contributed by atoms with E-state index in [9.17, 15) is 9.59 Å².